The van der Waals surface area contributed by atoms with Crippen molar-refractivity contribution in [1.29, 1.82) is 0 Å². The van der Waals surface area contributed by atoms with Crippen molar-refractivity contribution < 1.29 is 4.79 Å². The molecule has 4 nitrogen and oxygen atoms in total. The van der Waals surface area contributed by atoms with Gasteiger partial charge in [0.05, 0.1) is 0 Å². The molecule has 0 saturated heterocycles. The molecule has 0 radical (unpaired) electrons. The molecule has 2 atom stereocenters. The summed E-state index contributed by atoms with van der Waals surface area (Å²) in [6, 6.07) is 9.87. The zero-order chi connectivity index (χ0) is 16.4. The van der Waals surface area contributed by atoms with Gasteiger partial charge < -0.3 is 16.0 Å². The van der Waals surface area contributed by atoms with E-state index in [9.17, 15) is 4.79 Å². The van der Waals surface area contributed by atoms with Crippen LogP contribution in [0.4, 0.5) is 5.69 Å². The van der Waals surface area contributed by atoms with E-state index >= 15 is 0 Å². The quantitative estimate of drug-likeness (QED) is 0.901. The van der Waals surface area contributed by atoms with E-state index in [2.05, 4.69) is 30.4 Å². The average molecular weight is 315 g/mol. The average Bonchev–Trinajstić information content (AvgIpc) is 2.56. The number of rotatable bonds is 3. The van der Waals surface area contributed by atoms with Crippen LogP contribution in [-0.2, 0) is 4.79 Å². The van der Waals surface area contributed by atoms with E-state index in [1.54, 1.807) is 0 Å². The van der Waals surface area contributed by atoms with Crippen LogP contribution in [0.1, 0.15) is 64.0 Å². The lowest BCUT2D eigenvalue weighted by molar-refractivity contribution is -0.118. The molecule has 1 saturated carbocycles. The molecule has 0 bridgehead atoms. The van der Waals surface area contributed by atoms with Crippen molar-refractivity contribution in [2.75, 3.05) is 4.90 Å². The Hall–Kier alpha value is -1.39. The monoisotopic (exact) mass is 315 g/mol. The molecule has 1 aromatic rings. The van der Waals surface area contributed by atoms with Gasteiger partial charge in [-0.15, -0.1) is 0 Å². The van der Waals surface area contributed by atoms with Crippen LogP contribution >= 0.6 is 0 Å². The van der Waals surface area contributed by atoms with Gasteiger partial charge in [-0.05, 0) is 50.7 Å². The summed E-state index contributed by atoms with van der Waals surface area (Å²) in [5, 5.41) is 3.85. The number of benzene rings is 1. The highest BCUT2D eigenvalue weighted by Gasteiger charge is 2.34. The molecule has 1 heterocycles. The molecule has 1 amide bonds. The van der Waals surface area contributed by atoms with Crippen LogP contribution in [0.5, 0.6) is 0 Å². The molecular formula is C19H29N3O. The van der Waals surface area contributed by atoms with Gasteiger partial charge in [0.25, 0.3) is 0 Å². The van der Waals surface area contributed by atoms with E-state index in [0.717, 1.165) is 37.8 Å². The molecule has 1 aliphatic carbocycles. The molecule has 23 heavy (non-hydrogen) atoms. The first-order valence-electron chi connectivity index (χ1n) is 9.02. The Morgan fingerprint density at radius 3 is 2.65 bits per heavy atom. The molecule has 1 fully saturated rings. The highest BCUT2D eigenvalue weighted by molar-refractivity contribution is 5.95. The molecule has 1 aliphatic heterocycles. The van der Waals surface area contributed by atoms with Crippen LogP contribution in [0.15, 0.2) is 24.3 Å². The second-order valence-electron chi connectivity index (χ2n) is 7.09. The number of nitrogens with two attached hydrogens (primary N) is 1. The summed E-state index contributed by atoms with van der Waals surface area (Å²) in [5.74, 6) is 0.215. The molecule has 2 aliphatic rings. The number of fused-ring (bicyclic) bond motifs is 1. The van der Waals surface area contributed by atoms with E-state index < -0.39 is 0 Å². The van der Waals surface area contributed by atoms with Crippen molar-refractivity contribution in [3.8, 4) is 0 Å². The van der Waals surface area contributed by atoms with Crippen LogP contribution in [-0.4, -0.2) is 24.0 Å². The minimum absolute atomic E-state index is 0.215. The smallest absolute Gasteiger partial charge is 0.226 e. The van der Waals surface area contributed by atoms with Gasteiger partial charge in [0.15, 0.2) is 0 Å². The lowest BCUT2D eigenvalue weighted by Gasteiger charge is -2.41. The number of amides is 1. The van der Waals surface area contributed by atoms with Gasteiger partial charge >= 0.3 is 0 Å². The van der Waals surface area contributed by atoms with Crippen LogP contribution in [0.25, 0.3) is 0 Å². The normalized spacial score (nSPS) is 30.8. The van der Waals surface area contributed by atoms with Crippen LogP contribution in [0.3, 0.4) is 0 Å². The van der Waals surface area contributed by atoms with Crippen molar-refractivity contribution in [2.24, 2.45) is 5.73 Å². The fourth-order valence-corrected chi connectivity index (χ4v) is 4.09. The minimum Gasteiger partial charge on any atom is -0.328 e. The van der Waals surface area contributed by atoms with Gasteiger partial charge in [-0.2, -0.15) is 0 Å². The third-order valence-electron chi connectivity index (χ3n) is 5.37. The first-order chi connectivity index (χ1) is 11.1. The highest BCUT2D eigenvalue weighted by atomic mass is 16.2. The second kappa shape index (κ2) is 7.02. The number of para-hydroxylation sites is 1. The molecule has 0 unspecified atom stereocenters. The third kappa shape index (κ3) is 3.43. The highest BCUT2D eigenvalue weighted by Crippen LogP contribution is 2.38. The topological polar surface area (TPSA) is 58.4 Å². The lowest BCUT2D eigenvalue weighted by atomic mass is 9.87. The molecule has 0 aromatic heterocycles. The summed E-state index contributed by atoms with van der Waals surface area (Å²) in [5.41, 5.74) is 8.38. The van der Waals surface area contributed by atoms with Gasteiger partial charge in [-0.25, -0.2) is 0 Å². The van der Waals surface area contributed by atoms with Crippen molar-refractivity contribution in [3.63, 3.8) is 0 Å². The Labute approximate surface area is 139 Å². The largest absolute Gasteiger partial charge is 0.328 e. The fraction of sp³-hybridized carbons (Fsp3) is 0.632. The van der Waals surface area contributed by atoms with E-state index in [0.29, 0.717) is 24.5 Å². The molecule has 126 valence electrons. The number of hydrogen-bond donors (Lipinski definition) is 2. The lowest BCUT2D eigenvalue weighted by Crippen LogP contribution is -2.47. The number of anilines is 1. The molecule has 4 heteroatoms. The number of nitrogens with one attached hydrogen (secondary N) is 1. The Bertz CT molecular complexity index is 551. The standard InChI is InChI=1S/C19H29N3O/c1-3-19(23)22-13(2)12-17(16-6-4-5-7-18(16)22)21-15-10-8-14(20)9-11-15/h4-7,13-15,17,21H,3,8-12,20H2,1-2H3/t13-,14?,15?,17+/m0/s1. The van der Waals surface area contributed by atoms with Crippen LogP contribution in [0, 0.1) is 0 Å². The number of carbonyl (C=O) groups excluding carboxylic acids is 1. The van der Waals surface area contributed by atoms with E-state index in [1.807, 2.05) is 17.9 Å². The van der Waals surface area contributed by atoms with E-state index in [4.69, 9.17) is 5.73 Å². The maximum atomic E-state index is 12.4. The maximum absolute atomic E-state index is 12.4. The Kier molecular flexibility index (Phi) is 5.02. The van der Waals surface area contributed by atoms with Crippen molar-refractivity contribution in [3.05, 3.63) is 29.8 Å². The summed E-state index contributed by atoms with van der Waals surface area (Å²) in [6.45, 7) is 4.10. The van der Waals surface area contributed by atoms with E-state index in [1.165, 1.54) is 5.56 Å². The molecular weight excluding hydrogens is 286 g/mol. The number of hydrogen-bond acceptors (Lipinski definition) is 3. The minimum atomic E-state index is 0.215. The predicted molar refractivity (Wildman–Crippen MR) is 94.4 cm³/mol. The van der Waals surface area contributed by atoms with E-state index in [-0.39, 0.29) is 11.9 Å². The fourth-order valence-electron chi connectivity index (χ4n) is 4.09. The van der Waals surface area contributed by atoms with Gasteiger partial charge in [0, 0.05) is 36.3 Å². The molecule has 1 aromatic carbocycles. The zero-order valence-corrected chi connectivity index (χ0v) is 14.3. The summed E-state index contributed by atoms with van der Waals surface area (Å²) in [4.78, 5) is 14.4. The molecule has 3 N–H and O–H groups in total. The predicted octanol–water partition coefficient (Wildman–Crippen LogP) is 3.12. The van der Waals surface area contributed by atoms with Crippen molar-refractivity contribution in [2.45, 2.75) is 76.5 Å². The summed E-state index contributed by atoms with van der Waals surface area (Å²) < 4.78 is 0. The zero-order valence-electron chi connectivity index (χ0n) is 14.3. The summed E-state index contributed by atoms with van der Waals surface area (Å²) in [7, 11) is 0. The van der Waals surface area contributed by atoms with Crippen LogP contribution in [0.2, 0.25) is 0 Å². The molecule has 3 rings (SSSR count). The van der Waals surface area contributed by atoms with Gasteiger partial charge in [-0.3, -0.25) is 4.79 Å². The van der Waals surface area contributed by atoms with Gasteiger partial charge in [0.1, 0.15) is 0 Å². The Morgan fingerprint density at radius 2 is 1.96 bits per heavy atom. The summed E-state index contributed by atoms with van der Waals surface area (Å²) in [6.07, 6.45) is 6.07. The van der Waals surface area contributed by atoms with Crippen molar-refractivity contribution in [1.82, 2.24) is 5.32 Å². The Balaban J connectivity index is 1.81. The number of nitrogens with zero attached hydrogens (tertiary/aromatic N) is 1. The SMILES string of the molecule is CCC(=O)N1c2ccccc2[C@H](NC2CCC(N)CC2)C[C@@H]1C. The first kappa shape index (κ1) is 16.5. The molecule has 0 spiro atoms. The van der Waals surface area contributed by atoms with Crippen molar-refractivity contribution >= 4 is 11.6 Å². The van der Waals surface area contributed by atoms with Gasteiger partial charge in [-0.1, -0.05) is 25.1 Å². The number of carbonyl (C=O) groups is 1. The Morgan fingerprint density at radius 1 is 1.26 bits per heavy atom. The maximum Gasteiger partial charge on any atom is 0.226 e. The second-order valence-corrected chi connectivity index (χ2v) is 7.09. The van der Waals surface area contributed by atoms with Gasteiger partial charge in [0.2, 0.25) is 5.91 Å². The summed E-state index contributed by atoms with van der Waals surface area (Å²) >= 11 is 0. The first-order valence-corrected chi connectivity index (χ1v) is 9.02. The van der Waals surface area contributed by atoms with Crippen LogP contribution < -0.4 is 16.0 Å². The third-order valence-corrected chi connectivity index (χ3v) is 5.37.